The number of hydrogen-bond acceptors (Lipinski definition) is 11. The van der Waals surface area contributed by atoms with Crippen molar-refractivity contribution in [3.63, 3.8) is 0 Å². The monoisotopic (exact) mass is 449 g/mol. The molecule has 0 aromatic rings. The molecule has 5 atom stereocenters. The van der Waals surface area contributed by atoms with Crippen LogP contribution in [0.25, 0.3) is 0 Å². The molecule has 0 saturated carbocycles. The van der Waals surface area contributed by atoms with Gasteiger partial charge >= 0.3 is 17.9 Å². The van der Waals surface area contributed by atoms with E-state index in [1.807, 2.05) is 0 Å². The van der Waals surface area contributed by atoms with Gasteiger partial charge in [-0.05, 0) is 0 Å². The number of methoxy groups -OCH3 is 1. The fourth-order valence-electron chi connectivity index (χ4n) is 2.90. The van der Waals surface area contributed by atoms with Gasteiger partial charge in [0.25, 0.3) is 0 Å². The highest BCUT2D eigenvalue weighted by atomic mass is 16.7. The van der Waals surface area contributed by atoms with Crippen molar-refractivity contribution >= 4 is 23.8 Å². The first-order valence-electron chi connectivity index (χ1n) is 9.74. The van der Waals surface area contributed by atoms with Crippen LogP contribution in [-0.2, 0) is 52.3 Å². The molecule has 0 aromatic carbocycles. The number of ether oxygens (including phenoxy) is 7. The van der Waals surface area contributed by atoms with E-state index < -0.39 is 54.5 Å². The van der Waals surface area contributed by atoms with E-state index in [0.717, 1.165) is 0 Å². The van der Waals surface area contributed by atoms with Crippen LogP contribution < -0.4 is 5.32 Å². The van der Waals surface area contributed by atoms with Crippen molar-refractivity contribution in [1.29, 1.82) is 0 Å². The highest BCUT2D eigenvalue weighted by molar-refractivity contribution is 5.73. The molecule has 0 aromatic heterocycles. The summed E-state index contributed by atoms with van der Waals surface area (Å²) < 4.78 is 37.4. The minimum Gasteiger partial charge on any atom is -0.463 e. The zero-order chi connectivity index (χ0) is 23.4. The van der Waals surface area contributed by atoms with Crippen molar-refractivity contribution in [2.24, 2.45) is 0 Å². The quantitative estimate of drug-likeness (QED) is 0.230. The number of carbonyl (C=O) groups is 4. The van der Waals surface area contributed by atoms with Crippen molar-refractivity contribution in [1.82, 2.24) is 5.32 Å². The maximum absolute atomic E-state index is 11.8. The van der Waals surface area contributed by atoms with Crippen LogP contribution in [0, 0.1) is 0 Å². The number of esters is 3. The van der Waals surface area contributed by atoms with Crippen LogP contribution >= 0.6 is 0 Å². The SMILES string of the molecule is COCCOCCO[C@@H]1O[C@H](COC(C)=O)[C@@H](OC(C)=O)[C@H](OC(C)=O)[C@H]1NC(C)=O. The normalized spacial score (nSPS) is 25.4. The minimum atomic E-state index is -1.16. The molecule has 0 bridgehead atoms. The molecule has 1 fully saturated rings. The first-order chi connectivity index (χ1) is 14.6. The van der Waals surface area contributed by atoms with Crippen LogP contribution in [-0.4, -0.2) is 94.6 Å². The van der Waals surface area contributed by atoms with E-state index >= 15 is 0 Å². The smallest absolute Gasteiger partial charge is 0.303 e. The fourth-order valence-corrected chi connectivity index (χ4v) is 2.90. The van der Waals surface area contributed by atoms with E-state index in [-0.39, 0.29) is 19.8 Å². The van der Waals surface area contributed by atoms with Crippen molar-refractivity contribution in [3.05, 3.63) is 0 Å². The Morgan fingerprint density at radius 3 is 2.00 bits per heavy atom. The Hall–Kier alpha value is -2.28. The van der Waals surface area contributed by atoms with Crippen molar-refractivity contribution in [2.75, 3.05) is 40.1 Å². The second-order valence-electron chi connectivity index (χ2n) is 6.70. The molecular formula is C19H31NO11. The molecule has 1 rings (SSSR count). The molecular weight excluding hydrogens is 418 g/mol. The van der Waals surface area contributed by atoms with E-state index in [2.05, 4.69) is 5.32 Å². The summed E-state index contributed by atoms with van der Waals surface area (Å²) in [7, 11) is 1.55. The van der Waals surface area contributed by atoms with Gasteiger partial charge in [-0.1, -0.05) is 0 Å². The van der Waals surface area contributed by atoms with Crippen molar-refractivity contribution in [3.8, 4) is 0 Å². The molecule has 1 saturated heterocycles. The first-order valence-corrected chi connectivity index (χ1v) is 9.74. The third-order valence-electron chi connectivity index (χ3n) is 4.01. The Labute approximate surface area is 180 Å². The largest absolute Gasteiger partial charge is 0.463 e. The topological polar surface area (TPSA) is 145 Å². The lowest BCUT2D eigenvalue weighted by Crippen LogP contribution is -2.66. The highest BCUT2D eigenvalue weighted by Crippen LogP contribution is 2.28. The molecule has 1 aliphatic rings. The molecule has 0 spiro atoms. The standard InChI is InChI=1S/C19H31NO11/c1-11(21)20-16-18(30-14(4)24)17(29-13(3)23)15(10-28-12(2)22)31-19(16)27-9-8-26-7-6-25-5/h15-19H,6-10H2,1-5H3,(H,20,21)/t15-,16-,17-,18-,19-/m1/s1. The van der Waals surface area contributed by atoms with Gasteiger partial charge in [0, 0.05) is 34.8 Å². The van der Waals surface area contributed by atoms with E-state index in [1.165, 1.54) is 27.7 Å². The first kappa shape index (κ1) is 26.8. The average Bonchev–Trinajstić information content (AvgIpc) is 2.66. The Morgan fingerprint density at radius 1 is 0.839 bits per heavy atom. The van der Waals surface area contributed by atoms with Gasteiger partial charge in [0.2, 0.25) is 5.91 Å². The molecule has 1 N–H and O–H groups in total. The van der Waals surface area contributed by atoms with Gasteiger partial charge in [0.05, 0.1) is 26.4 Å². The summed E-state index contributed by atoms with van der Waals surface area (Å²) >= 11 is 0. The van der Waals surface area contributed by atoms with Gasteiger partial charge < -0.3 is 38.5 Å². The Kier molecular flexibility index (Phi) is 12.0. The van der Waals surface area contributed by atoms with Gasteiger partial charge in [-0.3, -0.25) is 19.2 Å². The molecule has 1 aliphatic heterocycles. The van der Waals surface area contributed by atoms with Gasteiger partial charge in [-0.2, -0.15) is 0 Å². The lowest BCUT2D eigenvalue weighted by molar-refractivity contribution is -0.279. The molecule has 0 aliphatic carbocycles. The summed E-state index contributed by atoms with van der Waals surface area (Å²) in [6.45, 7) is 5.58. The molecule has 1 heterocycles. The van der Waals surface area contributed by atoms with Crippen LogP contribution in [0.5, 0.6) is 0 Å². The zero-order valence-corrected chi connectivity index (χ0v) is 18.4. The third-order valence-corrected chi connectivity index (χ3v) is 4.01. The van der Waals surface area contributed by atoms with Crippen molar-refractivity contribution in [2.45, 2.75) is 58.3 Å². The maximum atomic E-state index is 11.8. The minimum absolute atomic E-state index is 0.0791. The van der Waals surface area contributed by atoms with Crippen LogP contribution in [0.2, 0.25) is 0 Å². The molecule has 12 nitrogen and oxygen atoms in total. The number of hydrogen-bond donors (Lipinski definition) is 1. The number of rotatable bonds is 12. The summed E-state index contributed by atoms with van der Waals surface area (Å²) in [5.74, 6) is -2.38. The summed E-state index contributed by atoms with van der Waals surface area (Å²) in [5, 5.41) is 2.61. The second-order valence-corrected chi connectivity index (χ2v) is 6.70. The predicted molar refractivity (Wildman–Crippen MR) is 103 cm³/mol. The molecule has 31 heavy (non-hydrogen) atoms. The highest BCUT2D eigenvalue weighted by Gasteiger charge is 2.51. The van der Waals surface area contributed by atoms with Gasteiger partial charge in [-0.25, -0.2) is 0 Å². The lowest BCUT2D eigenvalue weighted by atomic mass is 9.96. The second kappa shape index (κ2) is 13.9. The maximum Gasteiger partial charge on any atom is 0.303 e. The molecule has 0 unspecified atom stereocenters. The summed E-state index contributed by atoms with van der Waals surface area (Å²) in [6, 6.07) is -1.00. The molecule has 12 heteroatoms. The van der Waals surface area contributed by atoms with Crippen molar-refractivity contribution < 1.29 is 52.3 Å². The molecule has 0 radical (unpaired) electrons. The summed E-state index contributed by atoms with van der Waals surface area (Å²) in [4.78, 5) is 46.5. The van der Waals surface area contributed by atoms with E-state index in [1.54, 1.807) is 7.11 Å². The van der Waals surface area contributed by atoms with Gasteiger partial charge in [-0.15, -0.1) is 0 Å². The average molecular weight is 449 g/mol. The third kappa shape index (κ3) is 10.0. The fraction of sp³-hybridized carbons (Fsp3) is 0.789. The molecule has 1 amide bonds. The van der Waals surface area contributed by atoms with Crippen LogP contribution in [0.1, 0.15) is 27.7 Å². The Morgan fingerprint density at radius 2 is 1.45 bits per heavy atom. The number of carbonyl (C=O) groups excluding carboxylic acids is 4. The van der Waals surface area contributed by atoms with Gasteiger partial charge in [0.1, 0.15) is 18.8 Å². The lowest BCUT2D eigenvalue weighted by Gasteiger charge is -2.44. The Bertz CT molecular complexity index is 612. The number of nitrogens with one attached hydrogen (secondary N) is 1. The summed E-state index contributed by atoms with van der Waals surface area (Å²) in [5.41, 5.74) is 0. The van der Waals surface area contributed by atoms with E-state index in [4.69, 9.17) is 33.2 Å². The predicted octanol–water partition coefficient (Wildman–Crippen LogP) is -0.678. The zero-order valence-electron chi connectivity index (χ0n) is 18.4. The van der Waals surface area contributed by atoms with Crippen LogP contribution in [0.4, 0.5) is 0 Å². The molecule has 178 valence electrons. The van der Waals surface area contributed by atoms with Gasteiger partial charge in [0.15, 0.2) is 18.5 Å². The van der Waals surface area contributed by atoms with E-state index in [0.29, 0.717) is 13.2 Å². The van der Waals surface area contributed by atoms with Crippen LogP contribution in [0.15, 0.2) is 0 Å². The van der Waals surface area contributed by atoms with E-state index in [9.17, 15) is 19.2 Å². The Balaban J connectivity index is 3.07. The number of amides is 1. The van der Waals surface area contributed by atoms with Crippen LogP contribution in [0.3, 0.4) is 0 Å². The summed E-state index contributed by atoms with van der Waals surface area (Å²) in [6.07, 6.45) is -4.43.